The van der Waals surface area contributed by atoms with E-state index >= 15 is 0 Å². The second-order valence-electron chi connectivity index (χ2n) is 4.57. The van der Waals surface area contributed by atoms with E-state index in [1.165, 1.54) is 11.3 Å². The topological polar surface area (TPSA) is 27.0 Å². The maximum absolute atomic E-state index is 8.81. The first-order chi connectivity index (χ1) is 9.81. The quantitative estimate of drug-likeness (QED) is 0.785. The van der Waals surface area contributed by atoms with Gasteiger partial charge in [-0.3, -0.25) is 0 Å². The molecule has 0 aliphatic heterocycles. The van der Waals surface area contributed by atoms with Gasteiger partial charge in [-0.25, -0.2) is 0 Å². The van der Waals surface area contributed by atoms with E-state index in [4.69, 9.17) is 5.26 Å². The zero-order valence-corrected chi connectivity index (χ0v) is 12.9. The van der Waals surface area contributed by atoms with Crippen LogP contribution in [0.5, 0.6) is 0 Å². The molecule has 0 heterocycles. The molecule has 102 valence electrons. The van der Waals surface area contributed by atoms with Crippen molar-refractivity contribution in [1.29, 1.82) is 5.26 Å². The Bertz CT molecular complexity index is 575. The highest BCUT2D eigenvalue weighted by atomic mass is 79.9. The number of hydrogen-bond acceptors (Lipinski definition) is 2. The van der Waals surface area contributed by atoms with Gasteiger partial charge < -0.3 is 4.90 Å². The molecule has 2 aromatic rings. The highest BCUT2D eigenvalue weighted by molar-refractivity contribution is 9.10. The second-order valence-corrected chi connectivity index (χ2v) is 5.43. The van der Waals surface area contributed by atoms with Crippen LogP contribution in [0.3, 0.4) is 0 Å². The highest BCUT2D eigenvalue weighted by Crippen LogP contribution is 2.19. The number of halogens is 1. The molecule has 3 heteroatoms. The van der Waals surface area contributed by atoms with Crippen LogP contribution in [0.1, 0.15) is 12.0 Å². The van der Waals surface area contributed by atoms with Crippen LogP contribution < -0.4 is 4.90 Å². The fourth-order valence-corrected chi connectivity index (χ4v) is 2.63. The van der Waals surface area contributed by atoms with Crippen LogP contribution in [0.2, 0.25) is 0 Å². The van der Waals surface area contributed by atoms with Gasteiger partial charge >= 0.3 is 0 Å². The van der Waals surface area contributed by atoms with Gasteiger partial charge in [-0.15, -0.1) is 0 Å². The van der Waals surface area contributed by atoms with Crippen molar-refractivity contribution in [2.75, 3.05) is 18.0 Å². The van der Waals surface area contributed by atoms with Crippen LogP contribution in [-0.4, -0.2) is 13.1 Å². The number of nitriles is 1. The molecular weight excluding hydrogens is 312 g/mol. The molecule has 0 aliphatic carbocycles. The Kier molecular flexibility index (Phi) is 5.64. The van der Waals surface area contributed by atoms with Crippen molar-refractivity contribution in [2.45, 2.75) is 12.8 Å². The fraction of sp³-hybridized carbons (Fsp3) is 0.235. The Morgan fingerprint density at radius 1 is 0.950 bits per heavy atom. The van der Waals surface area contributed by atoms with E-state index in [1.54, 1.807) is 0 Å². The van der Waals surface area contributed by atoms with E-state index in [9.17, 15) is 0 Å². The lowest BCUT2D eigenvalue weighted by Gasteiger charge is -2.24. The molecule has 0 saturated heterocycles. The SMILES string of the molecule is N#CCCN(CCc1ccccc1Br)c1ccccc1. The van der Waals surface area contributed by atoms with Crippen molar-refractivity contribution in [3.8, 4) is 6.07 Å². The Labute approximate surface area is 128 Å². The maximum Gasteiger partial charge on any atom is 0.0640 e. The fourth-order valence-electron chi connectivity index (χ4n) is 2.15. The first-order valence-corrected chi connectivity index (χ1v) is 7.51. The zero-order chi connectivity index (χ0) is 14.2. The lowest BCUT2D eigenvalue weighted by atomic mass is 10.1. The Morgan fingerprint density at radius 2 is 1.65 bits per heavy atom. The van der Waals surface area contributed by atoms with E-state index in [2.05, 4.69) is 57.2 Å². The molecule has 2 rings (SSSR count). The summed E-state index contributed by atoms with van der Waals surface area (Å²) >= 11 is 3.58. The molecular formula is C17H17BrN2. The van der Waals surface area contributed by atoms with Crippen molar-refractivity contribution in [3.05, 3.63) is 64.6 Å². The molecule has 0 aromatic heterocycles. The van der Waals surface area contributed by atoms with Crippen molar-refractivity contribution in [3.63, 3.8) is 0 Å². The van der Waals surface area contributed by atoms with Crippen LogP contribution >= 0.6 is 15.9 Å². The third-order valence-corrected chi connectivity index (χ3v) is 4.00. The molecule has 0 unspecified atom stereocenters. The molecule has 0 fully saturated rings. The van der Waals surface area contributed by atoms with E-state index in [1.807, 2.05) is 24.3 Å². The number of nitrogens with zero attached hydrogens (tertiary/aromatic N) is 2. The van der Waals surface area contributed by atoms with Gasteiger partial charge in [0.25, 0.3) is 0 Å². The molecule has 0 radical (unpaired) electrons. The van der Waals surface area contributed by atoms with Gasteiger partial charge in [0, 0.05) is 23.2 Å². The minimum Gasteiger partial charge on any atom is -0.370 e. The Balaban J connectivity index is 2.05. The van der Waals surface area contributed by atoms with Gasteiger partial charge in [0.2, 0.25) is 0 Å². The van der Waals surface area contributed by atoms with Crippen LogP contribution in [0.15, 0.2) is 59.1 Å². The van der Waals surface area contributed by atoms with Crippen LogP contribution in [0, 0.1) is 11.3 Å². The Hall–Kier alpha value is -1.79. The summed E-state index contributed by atoms with van der Waals surface area (Å²) in [7, 11) is 0. The molecule has 2 aromatic carbocycles. The summed E-state index contributed by atoms with van der Waals surface area (Å²) in [5.74, 6) is 0. The zero-order valence-electron chi connectivity index (χ0n) is 11.3. The Morgan fingerprint density at radius 3 is 2.35 bits per heavy atom. The normalized spacial score (nSPS) is 10.0. The largest absolute Gasteiger partial charge is 0.370 e. The van der Waals surface area contributed by atoms with Crippen molar-refractivity contribution >= 4 is 21.6 Å². The predicted molar refractivity (Wildman–Crippen MR) is 86.7 cm³/mol. The lowest BCUT2D eigenvalue weighted by molar-refractivity contribution is 0.780. The van der Waals surface area contributed by atoms with E-state index < -0.39 is 0 Å². The average molecular weight is 329 g/mol. The molecule has 0 atom stereocenters. The molecule has 0 N–H and O–H groups in total. The number of para-hydroxylation sites is 1. The van der Waals surface area contributed by atoms with E-state index in [0.717, 1.165) is 24.0 Å². The molecule has 0 spiro atoms. The number of anilines is 1. The summed E-state index contributed by atoms with van der Waals surface area (Å²) in [6.45, 7) is 1.68. The van der Waals surface area contributed by atoms with Gasteiger partial charge in [-0.05, 0) is 30.2 Å². The number of benzene rings is 2. The molecule has 20 heavy (non-hydrogen) atoms. The van der Waals surface area contributed by atoms with E-state index in [0.29, 0.717) is 6.42 Å². The minimum atomic E-state index is 0.546. The second kappa shape index (κ2) is 7.72. The van der Waals surface area contributed by atoms with Crippen molar-refractivity contribution < 1.29 is 0 Å². The maximum atomic E-state index is 8.81. The highest BCUT2D eigenvalue weighted by Gasteiger charge is 2.07. The summed E-state index contributed by atoms with van der Waals surface area (Å²) in [5, 5.41) is 8.81. The van der Waals surface area contributed by atoms with Gasteiger partial charge in [0.05, 0.1) is 12.5 Å². The number of hydrogen-bond donors (Lipinski definition) is 0. The molecule has 0 bridgehead atoms. The monoisotopic (exact) mass is 328 g/mol. The number of rotatable bonds is 6. The smallest absolute Gasteiger partial charge is 0.0640 e. The first-order valence-electron chi connectivity index (χ1n) is 6.71. The molecule has 0 aliphatic rings. The third kappa shape index (κ3) is 4.11. The van der Waals surface area contributed by atoms with Gasteiger partial charge in [-0.2, -0.15) is 5.26 Å². The molecule has 0 saturated carbocycles. The predicted octanol–water partition coefficient (Wildman–Crippen LogP) is 4.41. The van der Waals surface area contributed by atoms with Crippen LogP contribution in [0.25, 0.3) is 0 Å². The standard InChI is InChI=1S/C17H17BrN2/c18-17-10-5-4-7-15(17)11-14-20(13-6-12-19)16-8-2-1-3-9-16/h1-5,7-10H,6,11,13-14H2. The average Bonchev–Trinajstić information content (AvgIpc) is 2.50. The summed E-state index contributed by atoms with van der Waals surface area (Å²) in [4.78, 5) is 2.27. The van der Waals surface area contributed by atoms with Crippen molar-refractivity contribution in [2.24, 2.45) is 0 Å². The van der Waals surface area contributed by atoms with Gasteiger partial charge in [-0.1, -0.05) is 52.3 Å². The first kappa shape index (κ1) is 14.6. The van der Waals surface area contributed by atoms with Crippen LogP contribution in [0.4, 0.5) is 5.69 Å². The lowest BCUT2D eigenvalue weighted by Crippen LogP contribution is -2.26. The third-order valence-electron chi connectivity index (χ3n) is 3.22. The summed E-state index contributed by atoms with van der Waals surface area (Å²) in [5.41, 5.74) is 2.47. The van der Waals surface area contributed by atoms with Gasteiger partial charge in [0.15, 0.2) is 0 Å². The van der Waals surface area contributed by atoms with Gasteiger partial charge in [0.1, 0.15) is 0 Å². The van der Waals surface area contributed by atoms with Crippen molar-refractivity contribution in [1.82, 2.24) is 0 Å². The summed E-state index contributed by atoms with van der Waals surface area (Å²) in [6, 6.07) is 20.8. The minimum absolute atomic E-state index is 0.546. The summed E-state index contributed by atoms with van der Waals surface area (Å²) < 4.78 is 1.15. The summed E-state index contributed by atoms with van der Waals surface area (Å²) in [6.07, 6.45) is 1.51. The van der Waals surface area contributed by atoms with E-state index in [-0.39, 0.29) is 0 Å². The molecule has 0 amide bonds. The van der Waals surface area contributed by atoms with Crippen LogP contribution in [-0.2, 0) is 6.42 Å². The molecule has 2 nitrogen and oxygen atoms in total.